The molecule has 6 heavy (non-hydrogen) atoms. The van der Waals surface area contributed by atoms with Crippen LogP contribution in [0.15, 0.2) is 12.8 Å². The van der Waals surface area contributed by atoms with Gasteiger partial charge in [0.05, 0.1) is 0 Å². The van der Waals surface area contributed by atoms with Gasteiger partial charge < -0.3 is 4.84 Å². The third kappa shape index (κ3) is 3.50. The van der Waals surface area contributed by atoms with Crippen LogP contribution < -0.4 is 0 Å². The molecule has 0 heterocycles. The summed E-state index contributed by atoms with van der Waals surface area (Å²) in [5, 5.41) is 1.56. The normalized spacial score (nSPS) is 8.50. The van der Waals surface area contributed by atoms with E-state index in [0.717, 1.165) is 0 Å². The standard InChI is InChI=1S/C4H9NO/c1-4-6-5(2)3/h4H,1H2,2-3H3. The lowest BCUT2D eigenvalue weighted by Crippen LogP contribution is -2.06. The van der Waals surface area contributed by atoms with E-state index >= 15 is 0 Å². The van der Waals surface area contributed by atoms with Gasteiger partial charge in [-0.15, -0.1) is 0 Å². The van der Waals surface area contributed by atoms with Crippen LogP contribution in [0.3, 0.4) is 0 Å². The zero-order valence-electron chi connectivity index (χ0n) is 4.14. The largest absolute Gasteiger partial charge is 0.415 e. The van der Waals surface area contributed by atoms with Crippen molar-refractivity contribution in [3.8, 4) is 0 Å². The predicted octanol–water partition coefficient (Wildman–Crippen LogP) is 0.623. The van der Waals surface area contributed by atoms with Gasteiger partial charge in [0, 0.05) is 14.1 Å². The van der Waals surface area contributed by atoms with Crippen molar-refractivity contribution in [2.75, 3.05) is 14.1 Å². The minimum absolute atomic E-state index is 1.38. The van der Waals surface area contributed by atoms with E-state index in [-0.39, 0.29) is 0 Å². The molecule has 0 bridgehead atoms. The Hall–Kier alpha value is -0.500. The second kappa shape index (κ2) is 2.72. The molecule has 0 amide bonds. The quantitative estimate of drug-likeness (QED) is 0.361. The van der Waals surface area contributed by atoms with Gasteiger partial charge in [0.1, 0.15) is 6.26 Å². The first kappa shape index (κ1) is 5.50. The number of nitrogens with zero attached hydrogens (tertiary/aromatic N) is 1. The maximum absolute atomic E-state index is 4.64. The molecule has 0 fully saturated rings. The first-order valence-corrected chi connectivity index (χ1v) is 1.72. The van der Waals surface area contributed by atoms with Crippen LogP contribution in [0.1, 0.15) is 0 Å². The van der Waals surface area contributed by atoms with Crippen LogP contribution >= 0.6 is 0 Å². The predicted molar refractivity (Wildman–Crippen MR) is 25.0 cm³/mol. The zero-order valence-corrected chi connectivity index (χ0v) is 4.14. The fourth-order valence-corrected chi connectivity index (χ4v) is 0.149. The fraction of sp³-hybridized carbons (Fsp3) is 0.500. The minimum Gasteiger partial charge on any atom is -0.415 e. The zero-order chi connectivity index (χ0) is 4.99. The molecule has 2 heteroatoms. The van der Waals surface area contributed by atoms with Crippen LogP contribution in [-0.4, -0.2) is 19.2 Å². The molecule has 0 aliphatic heterocycles. The summed E-state index contributed by atoms with van der Waals surface area (Å²) in [5.41, 5.74) is 0. The lowest BCUT2D eigenvalue weighted by atomic mass is 11.1. The van der Waals surface area contributed by atoms with E-state index in [0.29, 0.717) is 0 Å². The summed E-state index contributed by atoms with van der Waals surface area (Å²) >= 11 is 0. The van der Waals surface area contributed by atoms with Crippen molar-refractivity contribution < 1.29 is 4.84 Å². The third-order valence-electron chi connectivity index (χ3n) is 0.285. The fourth-order valence-electron chi connectivity index (χ4n) is 0.149. The molecular weight excluding hydrogens is 78.0 g/mol. The van der Waals surface area contributed by atoms with E-state index in [2.05, 4.69) is 11.4 Å². The van der Waals surface area contributed by atoms with Gasteiger partial charge in [0.2, 0.25) is 0 Å². The van der Waals surface area contributed by atoms with Gasteiger partial charge in [-0.3, -0.25) is 0 Å². The highest BCUT2D eigenvalue weighted by Crippen LogP contribution is 1.73. The Bertz CT molecular complexity index is 42.8. The summed E-state index contributed by atoms with van der Waals surface area (Å²) in [6.45, 7) is 3.34. The van der Waals surface area contributed by atoms with Crippen LogP contribution in [0.4, 0.5) is 0 Å². The Morgan fingerprint density at radius 3 is 2.17 bits per heavy atom. The number of rotatable bonds is 2. The molecule has 0 rings (SSSR count). The van der Waals surface area contributed by atoms with Crippen molar-refractivity contribution in [2.45, 2.75) is 0 Å². The van der Waals surface area contributed by atoms with E-state index < -0.39 is 0 Å². The Morgan fingerprint density at radius 1 is 1.67 bits per heavy atom. The Labute approximate surface area is 38.0 Å². The molecule has 0 aromatic rings. The lowest BCUT2D eigenvalue weighted by Gasteiger charge is -2.04. The Morgan fingerprint density at radius 2 is 2.17 bits per heavy atom. The van der Waals surface area contributed by atoms with Crippen LogP contribution in [0.5, 0.6) is 0 Å². The van der Waals surface area contributed by atoms with E-state index in [4.69, 9.17) is 0 Å². The summed E-state index contributed by atoms with van der Waals surface area (Å²) in [5.74, 6) is 0. The van der Waals surface area contributed by atoms with Gasteiger partial charge in [-0.05, 0) is 0 Å². The summed E-state index contributed by atoms with van der Waals surface area (Å²) in [6.07, 6.45) is 1.38. The second-order valence-electron chi connectivity index (χ2n) is 1.08. The van der Waals surface area contributed by atoms with Gasteiger partial charge in [-0.25, -0.2) is 0 Å². The molecule has 2 nitrogen and oxygen atoms in total. The van der Waals surface area contributed by atoms with E-state index in [1.54, 1.807) is 19.2 Å². The highest BCUT2D eigenvalue weighted by atomic mass is 16.7. The molecule has 0 spiro atoms. The number of hydroxylamine groups is 2. The first-order chi connectivity index (χ1) is 2.77. The highest BCUT2D eigenvalue weighted by Gasteiger charge is 1.73. The van der Waals surface area contributed by atoms with Crippen molar-refractivity contribution in [2.24, 2.45) is 0 Å². The van der Waals surface area contributed by atoms with E-state index in [9.17, 15) is 0 Å². The summed E-state index contributed by atoms with van der Waals surface area (Å²) in [7, 11) is 3.59. The van der Waals surface area contributed by atoms with Crippen LogP contribution in [0.2, 0.25) is 0 Å². The average Bonchev–Trinajstić information content (AvgIpc) is 1.35. The lowest BCUT2D eigenvalue weighted by molar-refractivity contribution is -0.0531. The molecule has 0 aromatic heterocycles. The molecule has 0 unspecified atom stereocenters. The van der Waals surface area contributed by atoms with Crippen molar-refractivity contribution in [3.05, 3.63) is 12.8 Å². The molecule has 0 saturated carbocycles. The maximum Gasteiger partial charge on any atom is 0.104 e. The van der Waals surface area contributed by atoms with Crippen molar-refractivity contribution >= 4 is 0 Å². The summed E-state index contributed by atoms with van der Waals surface area (Å²) < 4.78 is 0. The molecule has 0 aromatic carbocycles. The van der Waals surface area contributed by atoms with Crippen molar-refractivity contribution in [1.29, 1.82) is 0 Å². The van der Waals surface area contributed by atoms with E-state index in [1.807, 2.05) is 0 Å². The molecular formula is C4H9NO. The molecule has 0 N–H and O–H groups in total. The number of hydrogen-bond donors (Lipinski definition) is 0. The van der Waals surface area contributed by atoms with Gasteiger partial charge >= 0.3 is 0 Å². The van der Waals surface area contributed by atoms with Gasteiger partial charge in [-0.2, -0.15) is 5.06 Å². The molecule has 0 aliphatic rings. The van der Waals surface area contributed by atoms with Gasteiger partial charge in [-0.1, -0.05) is 6.58 Å². The Kier molecular flexibility index (Phi) is 2.50. The van der Waals surface area contributed by atoms with Crippen LogP contribution in [-0.2, 0) is 4.84 Å². The summed E-state index contributed by atoms with van der Waals surface area (Å²) in [6, 6.07) is 0. The number of hydrogen-bond acceptors (Lipinski definition) is 2. The highest BCUT2D eigenvalue weighted by molar-refractivity contribution is 4.44. The molecule has 0 radical (unpaired) electrons. The SMILES string of the molecule is C=CON(C)C. The second-order valence-corrected chi connectivity index (χ2v) is 1.08. The maximum atomic E-state index is 4.64. The van der Waals surface area contributed by atoms with Gasteiger partial charge in [0.25, 0.3) is 0 Å². The van der Waals surface area contributed by atoms with Crippen molar-refractivity contribution in [3.63, 3.8) is 0 Å². The van der Waals surface area contributed by atoms with Gasteiger partial charge in [0.15, 0.2) is 0 Å². The van der Waals surface area contributed by atoms with E-state index in [1.165, 1.54) is 6.26 Å². The molecule has 0 aliphatic carbocycles. The molecule has 0 atom stereocenters. The average molecular weight is 87.1 g/mol. The molecule has 0 saturated heterocycles. The third-order valence-corrected chi connectivity index (χ3v) is 0.285. The van der Waals surface area contributed by atoms with Crippen LogP contribution in [0, 0.1) is 0 Å². The minimum atomic E-state index is 1.38. The summed E-state index contributed by atoms with van der Waals surface area (Å²) in [4.78, 5) is 4.64. The topological polar surface area (TPSA) is 12.5 Å². The van der Waals surface area contributed by atoms with Crippen molar-refractivity contribution in [1.82, 2.24) is 5.06 Å². The van der Waals surface area contributed by atoms with Crippen LogP contribution in [0.25, 0.3) is 0 Å². The smallest absolute Gasteiger partial charge is 0.104 e. The Balaban J connectivity index is 2.81. The first-order valence-electron chi connectivity index (χ1n) is 1.72. The molecule has 36 valence electrons. The monoisotopic (exact) mass is 87.1 g/mol.